The number of amides is 2. The molecule has 2 amide bonds. The molecule has 2 atom stereocenters. The quantitative estimate of drug-likeness (QED) is 0.745. The zero-order valence-corrected chi connectivity index (χ0v) is 11.1. The van der Waals surface area contributed by atoms with Crippen molar-refractivity contribution < 1.29 is 14.7 Å². The van der Waals surface area contributed by atoms with Gasteiger partial charge in [-0.2, -0.15) is 0 Å². The van der Waals surface area contributed by atoms with Crippen molar-refractivity contribution in [1.82, 2.24) is 20.3 Å². The molecule has 1 aromatic rings. The van der Waals surface area contributed by atoms with Crippen molar-refractivity contribution in [3.8, 4) is 0 Å². The van der Waals surface area contributed by atoms with Crippen LogP contribution in [0.5, 0.6) is 0 Å². The van der Waals surface area contributed by atoms with Crippen molar-refractivity contribution in [2.24, 2.45) is 0 Å². The van der Waals surface area contributed by atoms with Gasteiger partial charge in [-0.15, -0.1) is 5.10 Å². The van der Waals surface area contributed by atoms with E-state index >= 15 is 0 Å². The molecule has 2 heterocycles. The van der Waals surface area contributed by atoms with Crippen LogP contribution >= 0.6 is 0 Å². The molecule has 2 unspecified atom stereocenters. The van der Waals surface area contributed by atoms with Gasteiger partial charge in [0.1, 0.15) is 6.04 Å². The van der Waals surface area contributed by atoms with Gasteiger partial charge in [-0.1, -0.05) is 12.1 Å². The van der Waals surface area contributed by atoms with Crippen LogP contribution in [0.25, 0.3) is 0 Å². The highest BCUT2D eigenvalue weighted by Crippen LogP contribution is 2.19. The fourth-order valence-corrected chi connectivity index (χ4v) is 2.00. The summed E-state index contributed by atoms with van der Waals surface area (Å²) in [5.74, 6) is -0.606. The Balaban J connectivity index is 2.09. The minimum absolute atomic E-state index is 0.254. The molecule has 0 aromatic carbocycles. The van der Waals surface area contributed by atoms with Crippen LogP contribution in [0.15, 0.2) is 6.20 Å². The maximum absolute atomic E-state index is 11.7. The van der Waals surface area contributed by atoms with Gasteiger partial charge in [0.15, 0.2) is 0 Å². The van der Waals surface area contributed by atoms with Crippen LogP contribution in [0.1, 0.15) is 44.8 Å². The van der Waals surface area contributed by atoms with Crippen LogP contribution in [0.2, 0.25) is 0 Å². The smallest absolute Gasteiger partial charge is 0.251 e. The lowest BCUT2D eigenvalue weighted by atomic mass is 9.98. The van der Waals surface area contributed by atoms with E-state index in [0.29, 0.717) is 31.4 Å². The summed E-state index contributed by atoms with van der Waals surface area (Å²) < 4.78 is 1.46. The number of imide groups is 1. The third-order valence-corrected chi connectivity index (χ3v) is 3.41. The fraction of sp³-hybridized carbons (Fsp3) is 0.667. The number of hydrogen-bond donors (Lipinski definition) is 2. The van der Waals surface area contributed by atoms with E-state index < -0.39 is 11.6 Å². The first kappa shape index (κ1) is 13.7. The molecule has 2 rings (SSSR count). The highest BCUT2D eigenvalue weighted by Gasteiger charge is 2.29. The Hall–Kier alpha value is -1.76. The SMILES string of the molecule is CCC(C)(O)Cc1cn(C2CCC(=O)NC2=O)nn1. The number of aromatic nitrogens is 3. The van der Waals surface area contributed by atoms with Crippen LogP contribution in [0, 0.1) is 0 Å². The Morgan fingerprint density at radius 1 is 1.58 bits per heavy atom. The molecule has 0 saturated carbocycles. The van der Waals surface area contributed by atoms with Gasteiger partial charge in [-0.3, -0.25) is 14.9 Å². The molecular weight excluding hydrogens is 248 g/mol. The number of piperidine rings is 1. The molecule has 1 fully saturated rings. The molecule has 7 heteroatoms. The first-order chi connectivity index (χ1) is 8.91. The van der Waals surface area contributed by atoms with Gasteiger partial charge in [-0.25, -0.2) is 4.68 Å². The summed E-state index contributed by atoms with van der Waals surface area (Å²) in [6.07, 6.45) is 3.38. The Morgan fingerprint density at radius 2 is 2.32 bits per heavy atom. The third-order valence-electron chi connectivity index (χ3n) is 3.41. The van der Waals surface area contributed by atoms with Gasteiger partial charge in [0, 0.05) is 19.0 Å². The third kappa shape index (κ3) is 3.17. The minimum Gasteiger partial charge on any atom is -0.390 e. The van der Waals surface area contributed by atoms with Crippen molar-refractivity contribution >= 4 is 11.8 Å². The monoisotopic (exact) mass is 266 g/mol. The molecule has 104 valence electrons. The predicted molar refractivity (Wildman–Crippen MR) is 66.1 cm³/mol. The van der Waals surface area contributed by atoms with Crippen LogP contribution in [-0.4, -0.2) is 37.5 Å². The van der Waals surface area contributed by atoms with Crippen LogP contribution in [0.4, 0.5) is 0 Å². The molecule has 2 N–H and O–H groups in total. The zero-order chi connectivity index (χ0) is 14.0. The van der Waals surface area contributed by atoms with E-state index in [9.17, 15) is 14.7 Å². The van der Waals surface area contributed by atoms with E-state index in [2.05, 4.69) is 15.6 Å². The molecule has 1 aliphatic heterocycles. The maximum atomic E-state index is 11.7. The summed E-state index contributed by atoms with van der Waals surface area (Å²) >= 11 is 0. The van der Waals surface area contributed by atoms with Crippen LogP contribution < -0.4 is 5.32 Å². The van der Waals surface area contributed by atoms with Crippen LogP contribution in [-0.2, 0) is 16.0 Å². The Labute approximate surface area is 111 Å². The van der Waals surface area contributed by atoms with Gasteiger partial charge < -0.3 is 5.11 Å². The first-order valence-corrected chi connectivity index (χ1v) is 6.38. The molecule has 1 aromatic heterocycles. The highest BCUT2D eigenvalue weighted by molar-refractivity contribution is 5.99. The van der Waals surface area contributed by atoms with Crippen molar-refractivity contribution in [3.05, 3.63) is 11.9 Å². The van der Waals surface area contributed by atoms with E-state index in [1.807, 2.05) is 6.92 Å². The summed E-state index contributed by atoms with van der Waals surface area (Å²) in [7, 11) is 0. The molecule has 0 spiro atoms. The highest BCUT2D eigenvalue weighted by atomic mass is 16.3. The van der Waals surface area contributed by atoms with Gasteiger partial charge in [-0.05, 0) is 19.8 Å². The molecule has 0 bridgehead atoms. The zero-order valence-electron chi connectivity index (χ0n) is 11.1. The molecule has 0 radical (unpaired) electrons. The number of aliphatic hydroxyl groups is 1. The Bertz CT molecular complexity index is 495. The van der Waals surface area contributed by atoms with Gasteiger partial charge in [0.05, 0.1) is 11.3 Å². The number of rotatable bonds is 4. The lowest BCUT2D eigenvalue weighted by molar-refractivity contribution is -0.136. The number of carbonyl (C=O) groups is 2. The van der Waals surface area contributed by atoms with Crippen molar-refractivity contribution in [2.75, 3.05) is 0 Å². The van der Waals surface area contributed by atoms with Gasteiger partial charge in [0.25, 0.3) is 5.91 Å². The number of carbonyl (C=O) groups excluding carboxylic acids is 2. The summed E-state index contributed by atoms with van der Waals surface area (Å²) in [5.41, 5.74) is -0.192. The topological polar surface area (TPSA) is 97.1 Å². The summed E-state index contributed by atoms with van der Waals surface area (Å²) in [5, 5.41) is 20.1. The minimum atomic E-state index is -0.828. The number of nitrogens with one attached hydrogen (secondary N) is 1. The lowest BCUT2D eigenvalue weighted by Crippen LogP contribution is -2.41. The predicted octanol–water partition coefficient (Wildman–Crippen LogP) is -0.0407. The van der Waals surface area contributed by atoms with Gasteiger partial charge >= 0.3 is 0 Å². The molecule has 19 heavy (non-hydrogen) atoms. The van der Waals surface area contributed by atoms with Crippen molar-refractivity contribution in [2.45, 2.75) is 51.2 Å². The first-order valence-electron chi connectivity index (χ1n) is 6.38. The average molecular weight is 266 g/mol. The normalized spacial score (nSPS) is 23.0. The van der Waals surface area contributed by atoms with E-state index in [-0.39, 0.29) is 11.8 Å². The summed E-state index contributed by atoms with van der Waals surface area (Å²) in [4.78, 5) is 22.8. The molecule has 1 saturated heterocycles. The van der Waals surface area contributed by atoms with Gasteiger partial charge in [0.2, 0.25) is 5.91 Å². The molecular formula is C12H18N4O3. The van der Waals surface area contributed by atoms with E-state index in [4.69, 9.17) is 0 Å². The van der Waals surface area contributed by atoms with Crippen molar-refractivity contribution in [3.63, 3.8) is 0 Å². The summed E-state index contributed by atoms with van der Waals surface area (Å²) in [6.45, 7) is 3.63. The van der Waals surface area contributed by atoms with Crippen molar-refractivity contribution in [1.29, 1.82) is 0 Å². The molecule has 7 nitrogen and oxygen atoms in total. The largest absolute Gasteiger partial charge is 0.390 e. The Morgan fingerprint density at radius 3 is 2.95 bits per heavy atom. The summed E-state index contributed by atoms with van der Waals surface area (Å²) in [6, 6.07) is -0.495. The standard InChI is InChI=1S/C12H18N4O3/c1-3-12(2,19)6-8-7-16(15-14-8)9-4-5-10(17)13-11(9)18/h7,9,19H,3-6H2,1-2H3,(H,13,17,18). The fourth-order valence-electron chi connectivity index (χ4n) is 2.00. The average Bonchev–Trinajstić information content (AvgIpc) is 2.76. The second kappa shape index (κ2) is 5.08. The van der Waals surface area contributed by atoms with Crippen LogP contribution in [0.3, 0.4) is 0 Å². The van der Waals surface area contributed by atoms with E-state index in [0.717, 1.165) is 0 Å². The number of nitrogens with zero attached hydrogens (tertiary/aromatic N) is 3. The number of hydrogen-bond acceptors (Lipinski definition) is 5. The Kier molecular flexibility index (Phi) is 3.66. The second-order valence-electron chi connectivity index (χ2n) is 5.18. The molecule has 1 aliphatic rings. The van der Waals surface area contributed by atoms with E-state index in [1.54, 1.807) is 13.1 Å². The maximum Gasteiger partial charge on any atom is 0.251 e. The van der Waals surface area contributed by atoms with E-state index in [1.165, 1.54) is 4.68 Å². The lowest BCUT2D eigenvalue weighted by Gasteiger charge is -2.20. The second-order valence-corrected chi connectivity index (χ2v) is 5.18. The molecule has 0 aliphatic carbocycles.